The molecule has 0 aliphatic rings. The first kappa shape index (κ1) is 18.6. The molecule has 7 nitrogen and oxygen atoms in total. The second kappa shape index (κ2) is 7.92. The van der Waals surface area contributed by atoms with Crippen molar-refractivity contribution in [2.75, 3.05) is 19.5 Å². The minimum Gasteiger partial charge on any atom is -0.465 e. The molecule has 2 aromatic rings. The SMILES string of the molecule is COC(=O)c1sc(N/C=C(\C#N)c2nc(C)cs2)c(C(=O)OC)c1C. The summed E-state index contributed by atoms with van der Waals surface area (Å²) in [5, 5.41) is 15.0. The predicted octanol–water partition coefficient (Wildman–Crippen LogP) is 3.37. The number of thiazole rings is 1. The molecule has 0 bridgehead atoms. The number of aromatic nitrogens is 1. The summed E-state index contributed by atoms with van der Waals surface area (Å²) in [6.45, 7) is 3.47. The molecule has 0 spiro atoms. The standard InChI is InChI=1S/C16H15N3O4S2/c1-8-7-24-13(19-8)10(5-17)6-18-14-11(15(20)22-3)9(2)12(25-14)16(21)23-4/h6-7,18H,1-4H3/b10-6+. The Hall–Kier alpha value is -2.70. The predicted molar refractivity (Wildman–Crippen MR) is 95.8 cm³/mol. The summed E-state index contributed by atoms with van der Waals surface area (Å²) in [4.78, 5) is 28.5. The van der Waals surface area contributed by atoms with Gasteiger partial charge in [0.1, 0.15) is 26.5 Å². The largest absolute Gasteiger partial charge is 0.465 e. The molecule has 25 heavy (non-hydrogen) atoms. The van der Waals surface area contributed by atoms with Crippen LogP contribution in [0.1, 0.15) is 36.3 Å². The van der Waals surface area contributed by atoms with Crippen LogP contribution in [0.15, 0.2) is 11.6 Å². The van der Waals surface area contributed by atoms with Crippen LogP contribution in [0.25, 0.3) is 5.57 Å². The van der Waals surface area contributed by atoms with Crippen LogP contribution in [0.3, 0.4) is 0 Å². The molecule has 0 amide bonds. The number of hydrogen-bond acceptors (Lipinski definition) is 9. The molecule has 0 radical (unpaired) electrons. The maximum absolute atomic E-state index is 12.1. The van der Waals surface area contributed by atoms with E-state index in [0.29, 0.717) is 26.0 Å². The average molecular weight is 377 g/mol. The molecule has 0 saturated carbocycles. The van der Waals surface area contributed by atoms with Crippen LogP contribution in [0.5, 0.6) is 0 Å². The smallest absolute Gasteiger partial charge is 0.348 e. The molecule has 0 saturated heterocycles. The molecule has 130 valence electrons. The van der Waals surface area contributed by atoms with Crippen LogP contribution in [0.4, 0.5) is 5.00 Å². The third-order valence-electron chi connectivity index (χ3n) is 3.22. The van der Waals surface area contributed by atoms with Crippen molar-refractivity contribution < 1.29 is 19.1 Å². The maximum atomic E-state index is 12.1. The molecule has 0 aliphatic heterocycles. The second-order valence-corrected chi connectivity index (χ2v) is 6.73. The number of nitrogens with one attached hydrogen (secondary N) is 1. The summed E-state index contributed by atoms with van der Waals surface area (Å²) >= 11 is 2.40. The molecule has 0 atom stereocenters. The Balaban J connectivity index is 2.44. The average Bonchev–Trinajstić information content (AvgIpc) is 3.18. The molecule has 0 aliphatic carbocycles. The zero-order valence-corrected chi connectivity index (χ0v) is 15.6. The van der Waals surface area contributed by atoms with E-state index < -0.39 is 11.9 Å². The molecule has 0 aromatic carbocycles. The molecule has 2 heterocycles. The number of anilines is 1. The maximum Gasteiger partial charge on any atom is 0.348 e. The Bertz CT molecular complexity index is 890. The lowest BCUT2D eigenvalue weighted by atomic mass is 10.1. The fourth-order valence-electron chi connectivity index (χ4n) is 2.01. The third-order valence-corrected chi connectivity index (χ3v) is 5.42. The van der Waals surface area contributed by atoms with Gasteiger partial charge in [-0.15, -0.1) is 22.7 Å². The monoisotopic (exact) mass is 377 g/mol. The minimum atomic E-state index is -0.580. The van der Waals surface area contributed by atoms with E-state index in [1.807, 2.05) is 12.3 Å². The van der Waals surface area contributed by atoms with Crippen LogP contribution >= 0.6 is 22.7 Å². The number of nitriles is 1. The van der Waals surface area contributed by atoms with Crippen molar-refractivity contribution in [3.05, 3.63) is 38.3 Å². The van der Waals surface area contributed by atoms with Gasteiger partial charge in [0.15, 0.2) is 0 Å². The first-order valence-corrected chi connectivity index (χ1v) is 8.71. The number of esters is 2. The molecule has 2 rings (SSSR count). The van der Waals surface area contributed by atoms with Crippen molar-refractivity contribution in [1.29, 1.82) is 5.26 Å². The van der Waals surface area contributed by atoms with Gasteiger partial charge in [-0.3, -0.25) is 0 Å². The second-order valence-electron chi connectivity index (χ2n) is 4.85. The van der Waals surface area contributed by atoms with Crippen molar-refractivity contribution in [2.45, 2.75) is 13.8 Å². The molecule has 9 heteroatoms. The van der Waals surface area contributed by atoms with Gasteiger partial charge in [0.2, 0.25) is 0 Å². The van der Waals surface area contributed by atoms with Crippen molar-refractivity contribution in [3.8, 4) is 6.07 Å². The van der Waals surface area contributed by atoms with Crippen molar-refractivity contribution in [3.63, 3.8) is 0 Å². The van der Waals surface area contributed by atoms with Gasteiger partial charge in [-0.1, -0.05) is 0 Å². The van der Waals surface area contributed by atoms with E-state index in [1.165, 1.54) is 31.8 Å². The first-order valence-electron chi connectivity index (χ1n) is 7.02. The Morgan fingerprint density at radius 1 is 1.28 bits per heavy atom. The molecular formula is C16H15N3O4S2. The van der Waals surface area contributed by atoms with Gasteiger partial charge in [0, 0.05) is 17.3 Å². The number of carbonyl (C=O) groups is 2. The van der Waals surface area contributed by atoms with Gasteiger partial charge in [-0.25, -0.2) is 14.6 Å². The summed E-state index contributed by atoms with van der Waals surface area (Å²) in [5.41, 5.74) is 1.83. The van der Waals surface area contributed by atoms with E-state index in [1.54, 1.807) is 6.92 Å². The van der Waals surface area contributed by atoms with Crippen LogP contribution in [-0.4, -0.2) is 31.1 Å². The summed E-state index contributed by atoms with van der Waals surface area (Å²) in [6.07, 6.45) is 1.46. The molecule has 2 aromatic heterocycles. The van der Waals surface area contributed by atoms with Gasteiger partial charge < -0.3 is 14.8 Å². The number of hydrogen-bond donors (Lipinski definition) is 1. The van der Waals surface area contributed by atoms with Gasteiger partial charge in [-0.05, 0) is 19.4 Å². The highest BCUT2D eigenvalue weighted by atomic mass is 32.1. The van der Waals surface area contributed by atoms with E-state index in [0.717, 1.165) is 17.0 Å². The van der Waals surface area contributed by atoms with E-state index in [-0.39, 0.29) is 5.56 Å². The van der Waals surface area contributed by atoms with Crippen molar-refractivity contribution >= 4 is 45.2 Å². The number of allylic oxidation sites excluding steroid dienone is 1. The van der Waals surface area contributed by atoms with Crippen molar-refractivity contribution in [2.24, 2.45) is 0 Å². The first-order chi connectivity index (χ1) is 11.9. The summed E-state index contributed by atoms with van der Waals surface area (Å²) in [5.74, 6) is -1.12. The Labute approximate surface area is 152 Å². The van der Waals surface area contributed by atoms with E-state index in [4.69, 9.17) is 9.47 Å². The number of methoxy groups -OCH3 is 2. The summed E-state index contributed by atoms with van der Waals surface area (Å²) in [7, 11) is 2.53. The molecule has 1 N–H and O–H groups in total. The number of aryl methyl sites for hydroxylation is 1. The Morgan fingerprint density at radius 2 is 1.96 bits per heavy atom. The normalized spacial score (nSPS) is 10.9. The topological polar surface area (TPSA) is 101 Å². The molecular weight excluding hydrogens is 362 g/mol. The number of nitrogens with zero attached hydrogens (tertiary/aromatic N) is 2. The van der Waals surface area contributed by atoms with Crippen molar-refractivity contribution in [1.82, 2.24) is 4.98 Å². The van der Waals surface area contributed by atoms with Gasteiger partial charge in [-0.2, -0.15) is 5.26 Å². The molecule has 0 fully saturated rings. The number of carbonyl (C=O) groups excluding carboxylic acids is 2. The van der Waals surface area contributed by atoms with Gasteiger partial charge in [0.25, 0.3) is 0 Å². The summed E-state index contributed by atoms with van der Waals surface area (Å²) < 4.78 is 9.52. The number of ether oxygens (including phenoxy) is 2. The van der Waals surface area contributed by atoms with Crippen LogP contribution in [-0.2, 0) is 9.47 Å². The Kier molecular flexibility index (Phi) is 5.90. The van der Waals surface area contributed by atoms with E-state index in [2.05, 4.69) is 16.4 Å². The number of rotatable bonds is 5. The minimum absolute atomic E-state index is 0.233. The lowest BCUT2D eigenvalue weighted by Gasteiger charge is -2.03. The molecule has 0 unspecified atom stereocenters. The highest BCUT2D eigenvalue weighted by Gasteiger charge is 2.25. The summed E-state index contributed by atoms with van der Waals surface area (Å²) in [6, 6.07) is 2.06. The lowest BCUT2D eigenvalue weighted by Crippen LogP contribution is -2.06. The van der Waals surface area contributed by atoms with Crippen LogP contribution in [0, 0.1) is 25.2 Å². The van der Waals surface area contributed by atoms with Gasteiger partial charge in [0.05, 0.1) is 19.8 Å². The van der Waals surface area contributed by atoms with E-state index >= 15 is 0 Å². The zero-order chi connectivity index (χ0) is 18.6. The van der Waals surface area contributed by atoms with Crippen LogP contribution in [0.2, 0.25) is 0 Å². The Morgan fingerprint density at radius 3 is 2.48 bits per heavy atom. The van der Waals surface area contributed by atoms with E-state index in [9.17, 15) is 14.9 Å². The van der Waals surface area contributed by atoms with Gasteiger partial charge >= 0.3 is 11.9 Å². The highest BCUT2D eigenvalue weighted by Crippen LogP contribution is 2.34. The fourth-order valence-corrected chi connectivity index (χ4v) is 3.85. The van der Waals surface area contributed by atoms with Crippen LogP contribution < -0.4 is 5.32 Å². The quantitative estimate of drug-likeness (QED) is 0.629. The zero-order valence-electron chi connectivity index (χ0n) is 14.0. The fraction of sp³-hybridized carbons (Fsp3) is 0.250. The lowest BCUT2D eigenvalue weighted by molar-refractivity contribution is 0.0601. The number of thiophene rings is 1. The highest BCUT2D eigenvalue weighted by molar-refractivity contribution is 7.18. The third kappa shape index (κ3) is 3.87.